The van der Waals surface area contributed by atoms with Gasteiger partial charge in [-0.2, -0.15) is 0 Å². The lowest BCUT2D eigenvalue weighted by Crippen LogP contribution is -2.63. The fourth-order valence-electron chi connectivity index (χ4n) is 10.8. The van der Waals surface area contributed by atoms with E-state index in [1.54, 1.807) is 81.5 Å². The summed E-state index contributed by atoms with van der Waals surface area (Å²) in [6.45, 7) is 25.1. The minimum Gasteiger partial charge on any atom is -0.444 e. The predicted octanol–water partition coefficient (Wildman–Crippen LogP) is 9.40. The van der Waals surface area contributed by atoms with Crippen LogP contribution in [0.15, 0.2) is 109 Å². The van der Waals surface area contributed by atoms with E-state index in [4.69, 9.17) is 9.47 Å². The number of ketones is 2. The first kappa shape index (κ1) is 77.4. The highest BCUT2D eigenvalue weighted by Crippen LogP contribution is 2.33. The number of carbonyl (C=O) groups excluding carboxylic acids is 10. The monoisotopic (exact) mass is 1310 g/mol. The van der Waals surface area contributed by atoms with E-state index in [0.29, 0.717) is 43.2 Å². The van der Waals surface area contributed by atoms with Crippen molar-refractivity contribution in [1.82, 2.24) is 35.4 Å². The molecule has 1 aliphatic rings. The van der Waals surface area contributed by atoms with Crippen molar-refractivity contribution >= 4 is 69.2 Å². The molecular formula is C71H101N7O14S. The molecule has 93 heavy (non-hydrogen) atoms. The van der Waals surface area contributed by atoms with Crippen molar-refractivity contribution in [3.63, 3.8) is 0 Å². The summed E-state index contributed by atoms with van der Waals surface area (Å²) in [5, 5.41) is 8.64. The van der Waals surface area contributed by atoms with Gasteiger partial charge in [-0.25, -0.2) is 22.7 Å². The molecule has 0 aromatic heterocycles. The number of hydrogen-bond acceptors (Lipinski definition) is 14. The molecule has 0 spiro atoms. The van der Waals surface area contributed by atoms with Crippen molar-refractivity contribution in [2.75, 3.05) is 27.2 Å². The quantitative estimate of drug-likeness (QED) is 0.0251. The summed E-state index contributed by atoms with van der Waals surface area (Å²) in [6.07, 6.45) is 5.40. The maximum absolute atomic E-state index is 14.8. The maximum Gasteiger partial charge on any atom is 0.410 e. The fourth-order valence-corrected chi connectivity index (χ4v) is 12.0. The maximum atomic E-state index is 14.8. The lowest BCUT2D eigenvalue weighted by Gasteiger charge is -2.42. The second-order valence-corrected chi connectivity index (χ2v) is 29.9. The zero-order chi connectivity index (χ0) is 69.8. The number of amides is 8. The first-order chi connectivity index (χ1) is 43.2. The van der Waals surface area contributed by atoms with Crippen LogP contribution in [0.5, 0.6) is 0 Å². The Balaban J connectivity index is 1.48. The molecule has 1 aliphatic heterocycles. The van der Waals surface area contributed by atoms with Crippen LogP contribution in [-0.4, -0.2) is 145 Å². The number of alkyl carbamates (subject to hydrolysis) is 1. The zero-order valence-corrected chi connectivity index (χ0v) is 58.3. The molecule has 0 unspecified atom stereocenters. The molecule has 4 rings (SSSR count). The van der Waals surface area contributed by atoms with Crippen molar-refractivity contribution in [2.45, 2.75) is 208 Å². The van der Waals surface area contributed by atoms with Crippen LogP contribution in [0.1, 0.15) is 171 Å². The van der Waals surface area contributed by atoms with Gasteiger partial charge < -0.3 is 30.3 Å². The number of rotatable bonds is 33. The van der Waals surface area contributed by atoms with Crippen LogP contribution < -0.4 is 20.7 Å². The number of ether oxygens (including phenoxy) is 2. The molecule has 3 aromatic carbocycles. The average molecular weight is 1310 g/mol. The molecule has 0 fully saturated rings. The molecule has 0 saturated carbocycles. The second-order valence-electron chi connectivity index (χ2n) is 28.2. The number of sulfonamides is 1. The lowest BCUT2D eigenvalue weighted by atomic mass is 9.76. The van der Waals surface area contributed by atoms with E-state index in [2.05, 4.69) is 20.7 Å². The van der Waals surface area contributed by atoms with E-state index in [1.165, 1.54) is 54.1 Å². The number of carbonyl (C=O) groups is 10. The molecule has 1 heterocycles. The average Bonchev–Trinajstić information content (AvgIpc) is 1.23. The summed E-state index contributed by atoms with van der Waals surface area (Å²) in [7, 11) is -1.30. The number of imide groups is 1. The Kier molecular flexibility index (Phi) is 28.5. The molecule has 0 saturated heterocycles. The molecule has 0 radical (unpaired) electrons. The van der Waals surface area contributed by atoms with Crippen molar-refractivity contribution in [3.8, 4) is 0 Å². The van der Waals surface area contributed by atoms with Crippen molar-refractivity contribution < 1.29 is 65.8 Å². The first-order valence-electron chi connectivity index (χ1n) is 32.0. The Labute approximate surface area is 551 Å². The van der Waals surface area contributed by atoms with Gasteiger partial charge >= 0.3 is 12.2 Å². The third kappa shape index (κ3) is 25.4. The van der Waals surface area contributed by atoms with Crippen LogP contribution in [0.3, 0.4) is 0 Å². The van der Waals surface area contributed by atoms with Crippen LogP contribution in [-0.2, 0) is 81.9 Å². The zero-order valence-electron chi connectivity index (χ0n) is 57.4. The highest BCUT2D eigenvalue weighted by atomic mass is 32.2. The lowest BCUT2D eigenvalue weighted by molar-refractivity contribution is -0.142. The Morgan fingerprint density at radius 2 is 1.23 bits per heavy atom. The summed E-state index contributed by atoms with van der Waals surface area (Å²) < 4.78 is 40.5. The van der Waals surface area contributed by atoms with Gasteiger partial charge in [0.1, 0.15) is 29.1 Å². The van der Waals surface area contributed by atoms with Gasteiger partial charge in [0.25, 0.3) is 17.7 Å². The Morgan fingerprint density at radius 3 is 1.78 bits per heavy atom. The number of benzene rings is 3. The van der Waals surface area contributed by atoms with Gasteiger partial charge in [0.2, 0.25) is 27.7 Å². The van der Waals surface area contributed by atoms with Gasteiger partial charge in [-0.3, -0.25) is 48.2 Å². The third-order valence-electron chi connectivity index (χ3n) is 15.9. The normalized spacial score (nSPS) is 14.7. The van der Waals surface area contributed by atoms with Gasteiger partial charge in [0.15, 0.2) is 5.78 Å². The molecule has 5 atom stereocenters. The number of likely N-dealkylation sites (N-methyl/N-ethyl adjacent to an activating group) is 2. The number of Topliss-reactive ketones (excluding diaryl/α,β-unsaturated/α-hetero) is 2. The molecule has 3 aromatic rings. The van der Waals surface area contributed by atoms with Gasteiger partial charge in [0.05, 0.1) is 17.8 Å². The molecule has 21 nitrogen and oxygen atoms in total. The topological polar surface area (TPSA) is 281 Å². The summed E-state index contributed by atoms with van der Waals surface area (Å²) >= 11 is 0. The van der Waals surface area contributed by atoms with Crippen molar-refractivity contribution in [2.24, 2.45) is 17.3 Å². The van der Waals surface area contributed by atoms with Crippen LogP contribution in [0, 0.1) is 17.3 Å². The van der Waals surface area contributed by atoms with E-state index >= 15 is 0 Å². The van der Waals surface area contributed by atoms with Gasteiger partial charge in [0, 0.05) is 75.5 Å². The summed E-state index contributed by atoms with van der Waals surface area (Å²) in [5.74, 6) is -5.50. The summed E-state index contributed by atoms with van der Waals surface area (Å²) in [5.41, 5.74) is -1.05. The molecule has 0 aliphatic carbocycles. The van der Waals surface area contributed by atoms with Gasteiger partial charge in [-0.1, -0.05) is 146 Å². The molecule has 8 amide bonds. The fraction of sp³-hybridized carbons (Fsp3) is 0.549. The summed E-state index contributed by atoms with van der Waals surface area (Å²) in [6, 6.07) is 20.6. The molecule has 0 bridgehead atoms. The minimum absolute atomic E-state index is 0.00236. The number of unbranched alkanes of at least 4 members (excludes halogenated alkanes) is 3. The van der Waals surface area contributed by atoms with Crippen molar-refractivity contribution in [3.05, 3.63) is 131 Å². The SMILES string of the molecule is C/C(=C\[C@H](C(C)C)N(C)C(=O)[C@@H](NC(=O)[C@@H](N(C)C(=O)OC(C)(C)C)C(C)(C)c1ccccc1)C(C)(C)C)C(=O)NS(=O)(=O)Cc1ccc(CC(=O)[C@H](CCCCNC(=O)OC(C)(C)C)NC(=O)[C@@H](CC(=O)CCCCCN2C(=O)C=CC2=O)Cc2ccccc2)cc1. The Morgan fingerprint density at radius 1 is 0.656 bits per heavy atom. The van der Waals surface area contributed by atoms with E-state index in [0.717, 1.165) is 16.0 Å². The Hall–Kier alpha value is -8.01. The number of hydrogen-bond donors (Lipinski definition) is 4. The molecular weight excluding hydrogens is 1210 g/mol. The third-order valence-corrected chi connectivity index (χ3v) is 17.1. The second kappa shape index (κ2) is 34.2. The number of nitrogens with one attached hydrogen (secondary N) is 4. The van der Waals surface area contributed by atoms with E-state index in [-0.39, 0.29) is 80.1 Å². The van der Waals surface area contributed by atoms with E-state index in [1.807, 2.05) is 88.4 Å². The summed E-state index contributed by atoms with van der Waals surface area (Å²) in [4.78, 5) is 139. The van der Waals surface area contributed by atoms with E-state index in [9.17, 15) is 56.4 Å². The van der Waals surface area contributed by atoms with Crippen LogP contribution in [0.4, 0.5) is 9.59 Å². The van der Waals surface area contributed by atoms with Crippen LogP contribution in [0.25, 0.3) is 0 Å². The minimum atomic E-state index is -4.33. The largest absolute Gasteiger partial charge is 0.444 e. The smallest absolute Gasteiger partial charge is 0.410 e. The van der Waals surface area contributed by atoms with Crippen molar-refractivity contribution in [1.29, 1.82) is 0 Å². The standard InChI is InChI=1S/C71H101N7O14S/c1-47(2)56(76(15)65(86)60(68(4,5)6)74-64(85)61(77(16)67(88)92-70(10,11)12)71(13,14)53-30-22-18-23-31-53)42-48(3)62(83)75-93(89,90)46-51-36-34-50(35-37-51)44-57(80)55(33-25-26-40-72-66(87)91-69(7,8)9)73-63(84)52(43-49-28-20-17-21-29-49)45-54(79)32-24-19-27-41-78-58(81)38-39-59(78)82/h17-18,20-23,28-31,34-39,42,47,52,55-56,60-61H,19,24-27,32-33,40-41,43-46H2,1-16H3,(H,72,87)(H,73,84)(H,74,85)(H,75,83)/b48-42+/t52-,55+,56-,60-,61-/m1/s1. The Bertz CT molecular complexity index is 3250. The highest BCUT2D eigenvalue weighted by molar-refractivity contribution is 7.89. The van der Waals surface area contributed by atoms with E-state index < -0.39 is 104 Å². The molecule has 510 valence electrons. The molecule has 22 heteroatoms. The highest BCUT2D eigenvalue weighted by Gasteiger charge is 2.46. The predicted molar refractivity (Wildman–Crippen MR) is 357 cm³/mol. The first-order valence-corrected chi connectivity index (χ1v) is 33.6. The van der Waals surface area contributed by atoms with Gasteiger partial charge in [-0.05, 0) is 121 Å². The van der Waals surface area contributed by atoms with Crippen LogP contribution in [0.2, 0.25) is 0 Å². The van der Waals surface area contributed by atoms with Gasteiger partial charge in [-0.15, -0.1) is 0 Å². The van der Waals surface area contributed by atoms with Crippen LogP contribution >= 0.6 is 0 Å². The number of nitrogens with zero attached hydrogens (tertiary/aromatic N) is 3. The molecule has 4 N–H and O–H groups in total.